The highest BCUT2D eigenvalue weighted by molar-refractivity contribution is 5.91. The Morgan fingerprint density at radius 2 is 2.00 bits per heavy atom. The van der Waals surface area contributed by atoms with Crippen LogP contribution in [0.4, 0.5) is 0 Å². The molecule has 7 rings (SSSR count). The van der Waals surface area contributed by atoms with E-state index in [1.165, 1.54) is 12.0 Å². The van der Waals surface area contributed by atoms with Crippen molar-refractivity contribution in [3.63, 3.8) is 0 Å². The first-order valence-corrected chi connectivity index (χ1v) is 11.4. The largest absolute Gasteiger partial charge is 0.454 e. The molecule has 0 amide bonds. The zero-order chi connectivity index (χ0) is 21.8. The van der Waals surface area contributed by atoms with E-state index >= 15 is 0 Å². The first-order chi connectivity index (χ1) is 15.5. The summed E-state index contributed by atoms with van der Waals surface area (Å²) in [4.78, 5) is 18.6. The third-order valence-corrected chi connectivity index (χ3v) is 8.03. The highest BCUT2D eigenvalue weighted by atomic mass is 16.7. The molecule has 2 aliphatic carbocycles. The van der Waals surface area contributed by atoms with Gasteiger partial charge in [-0.25, -0.2) is 4.98 Å². The van der Waals surface area contributed by atoms with E-state index in [1.807, 2.05) is 23.6 Å². The normalized spacial score (nSPS) is 22.8. The molecule has 32 heavy (non-hydrogen) atoms. The molecule has 1 fully saturated rings. The van der Waals surface area contributed by atoms with Crippen LogP contribution >= 0.6 is 0 Å². The van der Waals surface area contributed by atoms with E-state index in [-0.39, 0.29) is 12.4 Å². The quantitative estimate of drug-likeness (QED) is 0.486. The summed E-state index contributed by atoms with van der Waals surface area (Å²) in [7, 11) is 0. The number of aliphatic hydroxyl groups is 1. The molecule has 0 radical (unpaired) electrons. The van der Waals surface area contributed by atoms with Crippen molar-refractivity contribution >= 4 is 10.9 Å². The second-order valence-electron chi connectivity index (χ2n) is 9.51. The highest BCUT2D eigenvalue weighted by Crippen LogP contribution is 2.49. The Bertz CT molecular complexity index is 1430. The first kappa shape index (κ1) is 18.5. The van der Waals surface area contributed by atoms with Crippen LogP contribution in [0.25, 0.3) is 22.3 Å². The van der Waals surface area contributed by atoms with Crippen LogP contribution in [0.3, 0.4) is 0 Å². The van der Waals surface area contributed by atoms with E-state index in [2.05, 4.69) is 12.6 Å². The van der Waals surface area contributed by atoms with Crippen LogP contribution in [0.5, 0.6) is 11.5 Å². The van der Waals surface area contributed by atoms with Gasteiger partial charge in [0.05, 0.1) is 23.4 Å². The Labute approximate surface area is 185 Å². The zero-order valence-corrected chi connectivity index (χ0v) is 18.0. The van der Waals surface area contributed by atoms with Crippen LogP contribution in [0, 0.1) is 0 Å². The van der Waals surface area contributed by atoms with Gasteiger partial charge in [-0.1, -0.05) is 19.9 Å². The van der Waals surface area contributed by atoms with Crippen LogP contribution in [-0.2, 0) is 18.6 Å². The molecule has 1 N–H and O–H groups in total. The fourth-order valence-corrected chi connectivity index (χ4v) is 5.98. The van der Waals surface area contributed by atoms with Crippen molar-refractivity contribution in [3.8, 4) is 22.9 Å². The van der Waals surface area contributed by atoms with Crippen molar-refractivity contribution in [1.82, 2.24) is 9.55 Å². The zero-order valence-electron chi connectivity index (χ0n) is 18.0. The molecular weight excluding hydrogens is 404 g/mol. The molecule has 0 bridgehead atoms. The summed E-state index contributed by atoms with van der Waals surface area (Å²) in [5, 5.41) is 12.4. The van der Waals surface area contributed by atoms with Gasteiger partial charge < -0.3 is 19.1 Å². The van der Waals surface area contributed by atoms with Gasteiger partial charge in [0, 0.05) is 29.0 Å². The summed E-state index contributed by atoms with van der Waals surface area (Å²) in [5.41, 5.74) is 5.86. The standard InChI is InChI=1S/C26H24N2O4/c1-3-26(30)13(2)7-15-18(26)9-20-24-17(11-28(20)25(15)29)23(14-5-4-6-14)16-8-21-22(32-12-31-21)10-19(16)27-24/h8-10,14,30H,2-7,11-12H2,1H3/t26-/m1/s1. The second kappa shape index (κ2) is 6.01. The van der Waals surface area contributed by atoms with Crippen molar-refractivity contribution in [2.75, 3.05) is 6.79 Å². The fourth-order valence-electron chi connectivity index (χ4n) is 5.98. The molecule has 4 aliphatic rings. The van der Waals surface area contributed by atoms with Crippen molar-refractivity contribution in [2.45, 2.75) is 57.1 Å². The molecule has 1 saturated carbocycles. The van der Waals surface area contributed by atoms with Crippen LogP contribution in [0.15, 0.2) is 35.1 Å². The summed E-state index contributed by atoms with van der Waals surface area (Å²) >= 11 is 0. The molecule has 1 atom stereocenters. The lowest BCUT2D eigenvalue weighted by molar-refractivity contribution is 0.0777. The van der Waals surface area contributed by atoms with Crippen LogP contribution in [-0.4, -0.2) is 21.5 Å². The average molecular weight is 428 g/mol. The van der Waals surface area contributed by atoms with Crippen LogP contribution in [0.2, 0.25) is 0 Å². The molecular formula is C26H24N2O4. The van der Waals surface area contributed by atoms with Crippen molar-refractivity contribution in [1.29, 1.82) is 0 Å². The Balaban J connectivity index is 1.53. The maximum absolute atomic E-state index is 13.5. The highest BCUT2D eigenvalue weighted by Gasteiger charge is 2.42. The Morgan fingerprint density at radius 3 is 2.72 bits per heavy atom. The summed E-state index contributed by atoms with van der Waals surface area (Å²) in [6.07, 6.45) is 4.45. The van der Waals surface area contributed by atoms with E-state index in [4.69, 9.17) is 14.5 Å². The van der Waals surface area contributed by atoms with Gasteiger partial charge in [0.25, 0.3) is 5.56 Å². The van der Waals surface area contributed by atoms with E-state index < -0.39 is 5.60 Å². The summed E-state index contributed by atoms with van der Waals surface area (Å²) in [6, 6.07) is 6.00. The third kappa shape index (κ3) is 2.13. The van der Waals surface area contributed by atoms with Gasteiger partial charge in [0.15, 0.2) is 11.5 Å². The SMILES string of the molecule is C=C1Cc2c(cc3n(c2=O)Cc2c-3nc3cc4c(cc3c2C2CCC2)OCO4)[C@@]1(O)CC. The molecule has 0 saturated heterocycles. The molecule has 0 unspecified atom stereocenters. The number of ether oxygens (including phenoxy) is 2. The van der Waals surface area contributed by atoms with E-state index in [9.17, 15) is 9.90 Å². The predicted octanol–water partition coefficient (Wildman–Crippen LogP) is 4.13. The van der Waals surface area contributed by atoms with Crippen molar-refractivity contribution in [3.05, 3.63) is 63.0 Å². The van der Waals surface area contributed by atoms with E-state index in [0.29, 0.717) is 47.8 Å². The maximum atomic E-state index is 13.5. The number of hydrogen-bond donors (Lipinski definition) is 1. The molecule has 6 heteroatoms. The van der Waals surface area contributed by atoms with Gasteiger partial charge >= 0.3 is 0 Å². The van der Waals surface area contributed by atoms with Gasteiger partial charge in [-0.2, -0.15) is 0 Å². The molecule has 3 aromatic rings. The number of aromatic nitrogens is 2. The van der Waals surface area contributed by atoms with Crippen LogP contribution in [0.1, 0.15) is 60.8 Å². The van der Waals surface area contributed by atoms with E-state index in [1.54, 1.807) is 0 Å². The molecule has 2 aliphatic heterocycles. The Kier molecular flexibility index (Phi) is 3.47. The smallest absolute Gasteiger partial charge is 0.255 e. The van der Waals surface area contributed by atoms with Crippen LogP contribution < -0.4 is 15.0 Å². The Hall–Kier alpha value is -3.12. The summed E-state index contributed by atoms with van der Waals surface area (Å²) in [6.45, 7) is 6.76. The van der Waals surface area contributed by atoms with Gasteiger partial charge in [0.2, 0.25) is 6.79 Å². The minimum atomic E-state index is -1.15. The molecule has 0 spiro atoms. The number of nitrogens with zero attached hydrogens (tertiary/aromatic N) is 2. The summed E-state index contributed by atoms with van der Waals surface area (Å²) in [5.74, 6) is 1.95. The molecule has 1 aromatic carbocycles. The monoisotopic (exact) mass is 428 g/mol. The van der Waals surface area contributed by atoms with E-state index in [0.717, 1.165) is 46.4 Å². The Morgan fingerprint density at radius 1 is 1.22 bits per heavy atom. The fraction of sp³-hybridized carbons (Fsp3) is 0.385. The van der Waals surface area contributed by atoms with Crippen molar-refractivity contribution in [2.24, 2.45) is 0 Å². The van der Waals surface area contributed by atoms with Gasteiger partial charge in [-0.3, -0.25) is 4.79 Å². The predicted molar refractivity (Wildman–Crippen MR) is 120 cm³/mol. The summed E-state index contributed by atoms with van der Waals surface area (Å²) < 4.78 is 13.1. The number of benzene rings is 1. The maximum Gasteiger partial charge on any atom is 0.255 e. The molecule has 6 nitrogen and oxygen atoms in total. The minimum Gasteiger partial charge on any atom is -0.454 e. The lowest BCUT2D eigenvalue weighted by atomic mass is 9.76. The van der Waals surface area contributed by atoms with Gasteiger partial charge in [0.1, 0.15) is 5.60 Å². The minimum absolute atomic E-state index is 0.0289. The molecule has 4 heterocycles. The number of rotatable bonds is 2. The lowest BCUT2D eigenvalue weighted by Gasteiger charge is -2.29. The van der Waals surface area contributed by atoms with Gasteiger partial charge in [-0.05, 0) is 54.0 Å². The number of fused-ring (bicyclic) bond motifs is 6. The molecule has 2 aromatic heterocycles. The number of pyridine rings is 2. The first-order valence-electron chi connectivity index (χ1n) is 11.4. The van der Waals surface area contributed by atoms with Gasteiger partial charge in [-0.15, -0.1) is 0 Å². The average Bonchev–Trinajstić information content (AvgIpc) is 3.42. The lowest BCUT2D eigenvalue weighted by Crippen LogP contribution is -2.27. The third-order valence-electron chi connectivity index (χ3n) is 8.03. The second-order valence-corrected chi connectivity index (χ2v) is 9.51. The van der Waals surface area contributed by atoms with Crippen molar-refractivity contribution < 1.29 is 14.6 Å². The topological polar surface area (TPSA) is 73.6 Å². The number of hydrogen-bond acceptors (Lipinski definition) is 5. The molecule has 162 valence electrons.